The summed E-state index contributed by atoms with van der Waals surface area (Å²) in [5.41, 5.74) is 0.684. The molecular formula is C9H18. The van der Waals surface area contributed by atoms with Gasteiger partial charge in [-0.1, -0.05) is 40.5 Å². The molecule has 54 valence electrons. The summed E-state index contributed by atoms with van der Waals surface area (Å²) in [5.74, 6) is 2.06. The largest absolute Gasteiger partial charge is 0.0651 e. The Bertz CT molecular complexity index is 90.6. The summed E-state index contributed by atoms with van der Waals surface area (Å²) in [6.45, 7) is 9.41. The molecule has 0 aliphatic heterocycles. The van der Waals surface area contributed by atoms with Crippen LogP contribution >= 0.6 is 0 Å². The fourth-order valence-electron chi connectivity index (χ4n) is 2.48. The Balaban J connectivity index is 2.45. The van der Waals surface area contributed by atoms with E-state index in [1.807, 2.05) is 0 Å². The predicted octanol–water partition coefficient (Wildman–Crippen LogP) is 3.08. The zero-order valence-electron chi connectivity index (χ0n) is 7.07. The third kappa shape index (κ3) is 0.889. The second-order valence-electron chi connectivity index (χ2n) is 3.85. The molecule has 0 nitrogen and oxygen atoms in total. The second kappa shape index (κ2) is 2.00. The van der Waals surface area contributed by atoms with Crippen molar-refractivity contribution in [3.63, 3.8) is 0 Å². The molecule has 0 heteroatoms. The van der Waals surface area contributed by atoms with E-state index < -0.39 is 0 Å². The van der Waals surface area contributed by atoms with Crippen LogP contribution in [0.1, 0.15) is 40.5 Å². The Hall–Kier alpha value is 0. The molecule has 1 aliphatic rings. The molecule has 1 aliphatic carbocycles. The maximum absolute atomic E-state index is 2.40. The third-order valence-corrected chi connectivity index (χ3v) is 3.17. The summed E-state index contributed by atoms with van der Waals surface area (Å²) in [7, 11) is 0. The molecule has 1 rings (SSSR count). The van der Waals surface area contributed by atoms with Crippen molar-refractivity contribution in [1.29, 1.82) is 0 Å². The monoisotopic (exact) mass is 126 g/mol. The van der Waals surface area contributed by atoms with E-state index in [0.717, 1.165) is 11.8 Å². The quantitative estimate of drug-likeness (QED) is 0.533. The topological polar surface area (TPSA) is 0 Å². The molecule has 0 aromatic heterocycles. The number of hydrogen-bond acceptors (Lipinski definition) is 0. The van der Waals surface area contributed by atoms with Crippen molar-refractivity contribution in [3.8, 4) is 0 Å². The van der Waals surface area contributed by atoms with Gasteiger partial charge in [-0.25, -0.2) is 0 Å². The average Bonchev–Trinajstić information content (AvgIpc) is 2.32. The molecule has 1 fully saturated rings. The zero-order valence-corrected chi connectivity index (χ0v) is 7.07. The van der Waals surface area contributed by atoms with Crippen molar-refractivity contribution in [1.82, 2.24) is 0 Å². The van der Waals surface area contributed by atoms with E-state index in [-0.39, 0.29) is 0 Å². The van der Waals surface area contributed by atoms with Crippen LogP contribution < -0.4 is 0 Å². The summed E-state index contributed by atoms with van der Waals surface area (Å²) in [6, 6.07) is 0. The van der Waals surface area contributed by atoms with Crippen LogP contribution in [-0.2, 0) is 0 Å². The minimum Gasteiger partial charge on any atom is -0.0651 e. The van der Waals surface area contributed by atoms with Crippen LogP contribution in [0.2, 0.25) is 0 Å². The van der Waals surface area contributed by atoms with Gasteiger partial charge < -0.3 is 0 Å². The van der Waals surface area contributed by atoms with Gasteiger partial charge >= 0.3 is 0 Å². The minimum atomic E-state index is 0.684. The molecule has 2 atom stereocenters. The summed E-state index contributed by atoms with van der Waals surface area (Å²) in [5, 5.41) is 0. The van der Waals surface area contributed by atoms with Crippen molar-refractivity contribution < 1.29 is 0 Å². The molecule has 2 unspecified atom stereocenters. The first kappa shape index (κ1) is 7.11. The lowest BCUT2D eigenvalue weighted by atomic mass is 10.1. The predicted molar refractivity (Wildman–Crippen MR) is 41.3 cm³/mol. The van der Waals surface area contributed by atoms with Crippen molar-refractivity contribution in [3.05, 3.63) is 0 Å². The maximum atomic E-state index is 2.40. The third-order valence-electron chi connectivity index (χ3n) is 3.17. The lowest BCUT2D eigenvalue weighted by molar-refractivity contribution is 0.526. The molecule has 0 aromatic rings. The van der Waals surface area contributed by atoms with Gasteiger partial charge in [-0.2, -0.15) is 0 Å². The van der Waals surface area contributed by atoms with Crippen molar-refractivity contribution in [2.75, 3.05) is 0 Å². The van der Waals surface area contributed by atoms with Gasteiger partial charge in [-0.3, -0.25) is 0 Å². The lowest BCUT2D eigenvalue weighted by Gasteiger charge is -1.97. The first-order valence-electron chi connectivity index (χ1n) is 4.14. The first-order valence-corrected chi connectivity index (χ1v) is 4.14. The van der Waals surface area contributed by atoms with E-state index in [9.17, 15) is 0 Å². The molecular weight excluding hydrogens is 108 g/mol. The molecule has 0 aromatic carbocycles. The van der Waals surface area contributed by atoms with Crippen LogP contribution in [0.5, 0.6) is 0 Å². The summed E-state index contributed by atoms with van der Waals surface area (Å²) in [4.78, 5) is 0. The van der Waals surface area contributed by atoms with E-state index in [2.05, 4.69) is 27.7 Å². The highest BCUT2D eigenvalue weighted by Crippen LogP contribution is 2.61. The number of hydrogen-bond donors (Lipinski definition) is 0. The molecule has 0 saturated heterocycles. The van der Waals surface area contributed by atoms with E-state index in [1.165, 1.54) is 12.8 Å². The Labute approximate surface area is 58.7 Å². The van der Waals surface area contributed by atoms with E-state index in [0.29, 0.717) is 5.41 Å². The fourth-order valence-corrected chi connectivity index (χ4v) is 2.48. The standard InChI is InChI=1S/C9H18/c1-5-7-8(6-2)9(7,3)4/h7-8H,5-6H2,1-4H3. The molecule has 1 saturated carbocycles. The van der Waals surface area contributed by atoms with Crippen LogP contribution in [-0.4, -0.2) is 0 Å². The summed E-state index contributed by atoms with van der Waals surface area (Å²) < 4.78 is 0. The normalized spacial score (nSPS) is 38.7. The van der Waals surface area contributed by atoms with Crippen LogP contribution in [0.25, 0.3) is 0 Å². The lowest BCUT2D eigenvalue weighted by Crippen LogP contribution is -1.88. The Kier molecular flexibility index (Phi) is 1.58. The molecule has 9 heavy (non-hydrogen) atoms. The van der Waals surface area contributed by atoms with Gasteiger partial charge in [0.05, 0.1) is 0 Å². The highest BCUT2D eigenvalue weighted by Gasteiger charge is 2.54. The van der Waals surface area contributed by atoms with Gasteiger partial charge in [0.15, 0.2) is 0 Å². The van der Waals surface area contributed by atoms with Gasteiger partial charge in [0.1, 0.15) is 0 Å². The fraction of sp³-hybridized carbons (Fsp3) is 1.00. The highest BCUT2D eigenvalue weighted by molar-refractivity contribution is 5.02. The van der Waals surface area contributed by atoms with Crippen molar-refractivity contribution in [2.45, 2.75) is 40.5 Å². The Morgan fingerprint density at radius 2 is 1.33 bits per heavy atom. The van der Waals surface area contributed by atoms with Crippen molar-refractivity contribution in [2.24, 2.45) is 17.3 Å². The highest BCUT2D eigenvalue weighted by atomic mass is 14.6. The molecule has 0 spiro atoms. The Morgan fingerprint density at radius 1 is 1.00 bits per heavy atom. The van der Waals surface area contributed by atoms with Gasteiger partial charge in [-0.15, -0.1) is 0 Å². The molecule has 0 heterocycles. The van der Waals surface area contributed by atoms with Crippen LogP contribution in [0.3, 0.4) is 0 Å². The van der Waals surface area contributed by atoms with E-state index >= 15 is 0 Å². The van der Waals surface area contributed by atoms with Crippen molar-refractivity contribution >= 4 is 0 Å². The van der Waals surface area contributed by atoms with E-state index in [1.54, 1.807) is 0 Å². The molecule has 0 N–H and O–H groups in total. The van der Waals surface area contributed by atoms with Crippen LogP contribution in [0.4, 0.5) is 0 Å². The first-order chi connectivity index (χ1) is 4.14. The maximum Gasteiger partial charge on any atom is -0.0292 e. The smallest absolute Gasteiger partial charge is 0.0292 e. The minimum absolute atomic E-state index is 0.684. The molecule has 0 bridgehead atoms. The van der Waals surface area contributed by atoms with Gasteiger partial charge in [0.25, 0.3) is 0 Å². The average molecular weight is 126 g/mol. The number of rotatable bonds is 2. The second-order valence-corrected chi connectivity index (χ2v) is 3.85. The summed E-state index contributed by atoms with van der Waals surface area (Å²) >= 11 is 0. The SMILES string of the molecule is CCC1C(CC)C1(C)C. The van der Waals surface area contributed by atoms with Gasteiger partial charge in [0.2, 0.25) is 0 Å². The zero-order chi connectivity index (χ0) is 7.07. The summed E-state index contributed by atoms with van der Waals surface area (Å²) in [6.07, 6.45) is 2.76. The molecule has 0 amide bonds. The van der Waals surface area contributed by atoms with Gasteiger partial charge in [0, 0.05) is 0 Å². The van der Waals surface area contributed by atoms with Crippen LogP contribution in [0, 0.1) is 17.3 Å². The Morgan fingerprint density at radius 3 is 1.44 bits per heavy atom. The molecule has 0 radical (unpaired) electrons. The van der Waals surface area contributed by atoms with E-state index in [4.69, 9.17) is 0 Å². The van der Waals surface area contributed by atoms with Crippen LogP contribution in [0.15, 0.2) is 0 Å². The van der Waals surface area contributed by atoms with Gasteiger partial charge in [-0.05, 0) is 17.3 Å².